The van der Waals surface area contributed by atoms with Crippen molar-refractivity contribution in [3.05, 3.63) is 48.7 Å². The number of aryl methyl sites for hydroxylation is 1. The molecule has 0 aliphatic carbocycles. The van der Waals surface area contributed by atoms with E-state index in [1.54, 1.807) is 23.3 Å². The van der Waals surface area contributed by atoms with Gasteiger partial charge in [-0.2, -0.15) is 0 Å². The molecule has 7 nitrogen and oxygen atoms in total. The van der Waals surface area contributed by atoms with Crippen molar-refractivity contribution >= 4 is 5.82 Å². The van der Waals surface area contributed by atoms with E-state index in [1.807, 2.05) is 24.4 Å². The normalized spacial score (nSPS) is 10.6. The van der Waals surface area contributed by atoms with E-state index >= 15 is 0 Å². The fraction of sp³-hybridized carbons (Fsp3) is 0.267. The van der Waals surface area contributed by atoms with Crippen molar-refractivity contribution in [3.63, 3.8) is 0 Å². The van der Waals surface area contributed by atoms with Gasteiger partial charge >= 0.3 is 0 Å². The first-order valence-electron chi connectivity index (χ1n) is 7.21. The summed E-state index contributed by atoms with van der Waals surface area (Å²) in [6.07, 6.45) is 7.85. The molecule has 1 N–H and O–H groups in total. The third-order valence-electron chi connectivity index (χ3n) is 3.20. The van der Waals surface area contributed by atoms with Crippen LogP contribution in [0.15, 0.2) is 43.0 Å². The van der Waals surface area contributed by atoms with Gasteiger partial charge in [-0.25, -0.2) is 9.97 Å². The topological polar surface area (TPSA) is 81.4 Å². The van der Waals surface area contributed by atoms with E-state index in [9.17, 15) is 0 Å². The molecule has 0 atom stereocenters. The van der Waals surface area contributed by atoms with Crippen molar-refractivity contribution in [2.75, 3.05) is 11.9 Å². The SMILES string of the molecule is CCc1cc(NCCn2ccnn2)nc(-c2ccncc2)n1. The third-order valence-corrected chi connectivity index (χ3v) is 3.20. The fourth-order valence-corrected chi connectivity index (χ4v) is 2.05. The highest BCUT2D eigenvalue weighted by molar-refractivity contribution is 5.56. The Morgan fingerprint density at radius 2 is 2.00 bits per heavy atom. The van der Waals surface area contributed by atoms with Crippen molar-refractivity contribution in [1.29, 1.82) is 0 Å². The van der Waals surface area contributed by atoms with E-state index in [2.05, 4.69) is 37.5 Å². The summed E-state index contributed by atoms with van der Waals surface area (Å²) < 4.78 is 1.78. The molecule has 0 fully saturated rings. The Bertz CT molecular complexity index is 710. The van der Waals surface area contributed by atoms with Crippen LogP contribution in [0.1, 0.15) is 12.6 Å². The molecule has 0 aromatic carbocycles. The predicted octanol–water partition coefficient (Wildman–Crippen LogP) is 1.80. The maximum absolute atomic E-state index is 4.58. The van der Waals surface area contributed by atoms with Gasteiger partial charge in [0.2, 0.25) is 0 Å². The molecule has 3 aromatic heterocycles. The predicted molar refractivity (Wildman–Crippen MR) is 83.2 cm³/mol. The second-order valence-corrected chi connectivity index (χ2v) is 4.75. The summed E-state index contributed by atoms with van der Waals surface area (Å²) in [6.45, 7) is 3.53. The Labute approximate surface area is 128 Å². The van der Waals surface area contributed by atoms with Gasteiger partial charge in [0, 0.05) is 42.5 Å². The van der Waals surface area contributed by atoms with E-state index in [0.717, 1.165) is 36.6 Å². The average Bonchev–Trinajstić information content (AvgIpc) is 3.09. The van der Waals surface area contributed by atoms with Gasteiger partial charge in [-0.3, -0.25) is 9.67 Å². The summed E-state index contributed by atoms with van der Waals surface area (Å²) in [4.78, 5) is 13.2. The Morgan fingerprint density at radius 1 is 1.14 bits per heavy atom. The van der Waals surface area contributed by atoms with E-state index in [0.29, 0.717) is 5.82 Å². The van der Waals surface area contributed by atoms with Gasteiger partial charge in [0.1, 0.15) is 5.82 Å². The van der Waals surface area contributed by atoms with Crippen molar-refractivity contribution in [3.8, 4) is 11.4 Å². The maximum atomic E-state index is 4.58. The van der Waals surface area contributed by atoms with Crippen molar-refractivity contribution < 1.29 is 0 Å². The molecule has 3 rings (SSSR count). The van der Waals surface area contributed by atoms with Crippen LogP contribution < -0.4 is 5.32 Å². The number of pyridine rings is 1. The van der Waals surface area contributed by atoms with Gasteiger partial charge in [0.25, 0.3) is 0 Å². The minimum Gasteiger partial charge on any atom is -0.368 e. The summed E-state index contributed by atoms with van der Waals surface area (Å²) in [7, 11) is 0. The van der Waals surface area contributed by atoms with Crippen LogP contribution in [-0.2, 0) is 13.0 Å². The molecule has 0 amide bonds. The first-order valence-corrected chi connectivity index (χ1v) is 7.21. The van der Waals surface area contributed by atoms with Crippen LogP contribution in [0.3, 0.4) is 0 Å². The second-order valence-electron chi connectivity index (χ2n) is 4.75. The number of nitrogens with one attached hydrogen (secondary N) is 1. The number of anilines is 1. The molecule has 0 spiro atoms. The zero-order valence-corrected chi connectivity index (χ0v) is 12.3. The molecule has 0 aliphatic rings. The largest absolute Gasteiger partial charge is 0.368 e. The highest BCUT2D eigenvalue weighted by atomic mass is 15.4. The molecular weight excluding hydrogens is 278 g/mol. The van der Waals surface area contributed by atoms with Gasteiger partial charge in [0.15, 0.2) is 5.82 Å². The van der Waals surface area contributed by atoms with Crippen molar-refractivity contribution in [1.82, 2.24) is 29.9 Å². The Hall–Kier alpha value is -2.83. The molecule has 3 heterocycles. The molecule has 112 valence electrons. The van der Waals surface area contributed by atoms with E-state index in [-0.39, 0.29) is 0 Å². The lowest BCUT2D eigenvalue weighted by Gasteiger charge is -2.09. The standard InChI is InChI=1S/C15H17N7/c1-2-13-11-14(17-7-9-22-10-8-18-21-22)20-15(19-13)12-3-5-16-6-4-12/h3-6,8,10-11H,2,7,9H2,1H3,(H,17,19,20). The van der Waals surface area contributed by atoms with Gasteiger partial charge < -0.3 is 5.32 Å². The van der Waals surface area contributed by atoms with Gasteiger partial charge in [-0.15, -0.1) is 5.10 Å². The van der Waals surface area contributed by atoms with Crippen molar-refractivity contribution in [2.24, 2.45) is 0 Å². The smallest absolute Gasteiger partial charge is 0.161 e. The second kappa shape index (κ2) is 6.75. The minimum atomic E-state index is 0.713. The molecule has 3 aromatic rings. The number of hydrogen-bond acceptors (Lipinski definition) is 6. The number of aromatic nitrogens is 6. The van der Waals surface area contributed by atoms with Crippen LogP contribution in [0.2, 0.25) is 0 Å². The summed E-state index contributed by atoms with van der Waals surface area (Å²) >= 11 is 0. The lowest BCUT2D eigenvalue weighted by molar-refractivity contribution is 0.608. The monoisotopic (exact) mass is 295 g/mol. The van der Waals surface area contributed by atoms with Crippen LogP contribution in [0.25, 0.3) is 11.4 Å². The van der Waals surface area contributed by atoms with Gasteiger partial charge in [0.05, 0.1) is 12.7 Å². The summed E-state index contributed by atoms with van der Waals surface area (Å²) in [5, 5.41) is 11.0. The highest BCUT2D eigenvalue weighted by Crippen LogP contribution is 2.17. The third kappa shape index (κ3) is 3.43. The first kappa shape index (κ1) is 14.1. The average molecular weight is 295 g/mol. The summed E-state index contributed by atoms with van der Waals surface area (Å²) in [6, 6.07) is 5.80. The maximum Gasteiger partial charge on any atom is 0.161 e. The molecule has 7 heteroatoms. The quantitative estimate of drug-likeness (QED) is 0.747. The summed E-state index contributed by atoms with van der Waals surface area (Å²) in [5.74, 6) is 1.53. The van der Waals surface area contributed by atoms with Gasteiger partial charge in [-0.1, -0.05) is 12.1 Å². The fourth-order valence-electron chi connectivity index (χ4n) is 2.05. The highest BCUT2D eigenvalue weighted by Gasteiger charge is 2.06. The molecule has 0 bridgehead atoms. The number of rotatable bonds is 6. The lowest BCUT2D eigenvalue weighted by Crippen LogP contribution is -2.12. The van der Waals surface area contributed by atoms with Crippen LogP contribution >= 0.6 is 0 Å². The Balaban J connectivity index is 1.75. The number of nitrogens with zero attached hydrogens (tertiary/aromatic N) is 6. The molecule has 0 radical (unpaired) electrons. The molecule has 0 aliphatic heterocycles. The van der Waals surface area contributed by atoms with Crippen LogP contribution in [0, 0.1) is 0 Å². The van der Waals surface area contributed by atoms with E-state index in [4.69, 9.17) is 0 Å². The molecule has 22 heavy (non-hydrogen) atoms. The van der Waals surface area contributed by atoms with Crippen LogP contribution in [0.4, 0.5) is 5.82 Å². The Morgan fingerprint density at radius 3 is 2.73 bits per heavy atom. The minimum absolute atomic E-state index is 0.713. The van der Waals surface area contributed by atoms with Gasteiger partial charge in [-0.05, 0) is 18.6 Å². The lowest BCUT2D eigenvalue weighted by atomic mass is 10.2. The van der Waals surface area contributed by atoms with E-state index in [1.165, 1.54) is 0 Å². The molecule has 0 saturated heterocycles. The van der Waals surface area contributed by atoms with Crippen LogP contribution in [0.5, 0.6) is 0 Å². The van der Waals surface area contributed by atoms with Crippen molar-refractivity contribution in [2.45, 2.75) is 19.9 Å². The molecule has 0 saturated carbocycles. The first-order chi connectivity index (χ1) is 10.8. The van der Waals surface area contributed by atoms with E-state index < -0.39 is 0 Å². The molecular formula is C15H17N7. The summed E-state index contributed by atoms with van der Waals surface area (Å²) in [5.41, 5.74) is 1.97. The zero-order valence-electron chi connectivity index (χ0n) is 12.3. The van der Waals surface area contributed by atoms with Crippen LogP contribution in [-0.4, -0.2) is 36.5 Å². The Kier molecular flexibility index (Phi) is 4.33. The number of hydrogen-bond donors (Lipinski definition) is 1. The molecule has 0 unspecified atom stereocenters. The zero-order chi connectivity index (χ0) is 15.2.